The summed E-state index contributed by atoms with van der Waals surface area (Å²) >= 11 is 0. The van der Waals surface area contributed by atoms with Crippen LogP contribution in [0.2, 0.25) is 0 Å². The topological polar surface area (TPSA) is 48.7 Å². The van der Waals surface area contributed by atoms with Crippen molar-refractivity contribution in [3.63, 3.8) is 0 Å². The van der Waals surface area contributed by atoms with Crippen LogP contribution >= 0.6 is 24.0 Å². The maximum atomic E-state index is 13.0. The predicted molar refractivity (Wildman–Crippen MR) is 131 cm³/mol. The first-order valence-corrected chi connectivity index (χ1v) is 10.7. The Hall–Kier alpha value is -1.82. The number of nitrogens with one attached hydrogen (secondary N) is 1. The van der Waals surface area contributed by atoms with E-state index in [2.05, 4.69) is 27.0 Å². The lowest BCUT2D eigenvalue weighted by Crippen LogP contribution is -2.56. The number of alkyl halides is 3. The lowest BCUT2D eigenvalue weighted by molar-refractivity contribution is -0.181. The third-order valence-electron chi connectivity index (χ3n) is 5.65. The Kier molecular flexibility index (Phi) is 9.81. The molecule has 0 radical (unpaired) electrons. The van der Waals surface area contributed by atoms with Crippen LogP contribution < -0.4 is 5.32 Å². The smallest absolute Gasteiger partial charge is 0.357 e. The summed E-state index contributed by atoms with van der Waals surface area (Å²) in [7, 11) is 0. The van der Waals surface area contributed by atoms with Crippen LogP contribution in [-0.2, 0) is 13.1 Å². The van der Waals surface area contributed by atoms with E-state index in [1.165, 1.54) is 17.4 Å². The molecule has 0 amide bonds. The van der Waals surface area contributed by atoms with Crippen molar-refractivity contribution >= 4 is 29.9 Å². The van der Waals surface area contributed by atoms with Crippen LogP contribution in [0.4, 0.5) is 13.2 Å². The highest BCUT2D eigenvalue weighted by Crippen LogP contribution is 2.25. The molecule has 32 heavy (non-hydrogen) atoms. The van der Waals surface area contributed by atoms with E-state index < -0.39 is 12.2 Å². The molecule has 6 nitrogen and oxygen atoms in total. The van der Waals surface area contributed by atoms with Crippen LogP contribution in [-0.4, -0.2) is 70.3 Å². The molecule has 1 aromatic carbocycles. The average molecular weight is 564 g/mol. The van der Waals surface area contributed by atoms with Crippen molar-refractivity contribution in [3.05, 3.63) is 53.6 Å². The summed E-state index contributed by atoms with van der Waals surface area (Å²) in [6, 6.07) is 6.86. The van der Waals surface area contributed by atoms with Crippen molar-refractivity contribution in [2.24, 2.45) is 4.99 Å². The number of guanidine groups is 1. The van der Waals surface area contributed by atoms with Crippen LogP contribution in [0, 0.1) is 6.92 Å². The molecule has 2 aromatic rings. The summed E-state index contributed by atoms with van der Waals surface area (Å²) in [5.74, 6) is 1.72. The molecule has 1 fully saturated rings. The Bertz CT molecular complexity index is 875. The van der Waals surface area contributed by atoms with Crippen molar-refractivity contribution in [2.45, 2.75) is 46.1 Å². The molecule has 1 saturated heterocycles. The van der Waals surface area contributed by atoms with Gasteiger partial charge in [0.15, 0.2) is 5.96 Å². The molecule has 10 heteroatoms. The molecule has 1 aliphatic rings. The van der Waals surface area contributed by atoms with E-state index in [1.807, 2.05) is 37.1 Å². The van der Waals surface area contributed by atoms with Crippen molar-refractivity contribution in [1.29, 1.82) is 0 Å². The van der Waals surface area contributed by atoms with Gasteiger partial charge in [-0.05, 0) is 31.9 Å². The Balaban J connectivity index is 0.00000363. The Morgan fingerprint density at radius 1 is 1.19 bits per heavy atom. The summed E-state index contributed by atoms with van der Waals surface area (Å²) in [5, 5.41) is 3.28. The third-order valence-corrected chi connectivity index (χ3v) is 5.65. The van der Waals surface area contributed by atoms with Crippen LogP contribution in [0.5, 0.6) is 0 Å². The minimum absolute atomic E-state index is 0. The third kappa shape index (κ3) is 7.09. The van der Waals surface area contributed by atoms with Gasteiger partial charge in [0.05, 0.1) is 6.54 Å². The highest BCUT2D eigenvalue weighted by atomic mass is 127. The van der Waals surface area contributed by atoms with Crippen LogP contribution in [0.25, 0.3) is 0 Å². The SMILES string of the molecule is CCNC(=NCc1cccc(Cn2ccnc2C)c1)N1CCN(C(C)C(F)(F)F)CC1.I. The number of nitrogens with zero attached hydrogens (tertiary/aromatic N) is 5. The maximum Gasteiger partial charge on any atom is 0.403 e. The molecular weight excluding hydrogens is 532 g/mol. The lowest BCUT2D eigenvalue weighted by atomic mass is 10.1. The highest BCUT2D eigenvalue weighted by Gasteiger charge is 2.41. The molecule has 0 spiro atoms. The van der Waals surface area contributed by atoms with Crippen molar-refractivity contribution < 1.29 is 13.2 Å². The van der Waals surface area contributed by atoms with E-state index >= 15 is 0 Å². The van der Waals surface area contributed by atoms with Gasteiger partial charge in [0.2, 0.25) is 0 Å². The molecule has 178 valence electrons. The number of rotatable bonds is 6. The summed E-state index contributed by atoms with van der Waals surface area (Å²) in [6.45, 7) is 8.94. The molecule has 1 N–H and O–H groups in total. The predicted octanol–water partition coefficient (Wildman–Crippen LogP) is 3.89. The molecule has 1 atom stereocenters. The van der Waals surface area contributed by atoms with Gasteiger partial charge in [-0.3, -0.25) is 4.90 Å². The fraction of sp³-hybridized carbons (Fsp3) is 0.545. The summed E-state index contributed by atoms with van der Waals surface area (Å²) in [5.41, 5.74) is 2.27. The Morgan fingerprint density at radius 3 is 2.47 bits per heavy atom. The first kappa shape index (κ1) is 26.4. The normalized spacial score (nSPS) is 16.6. The van der Waals surface area contributed by atoms with Gasteiger partial charge in [-0.25, -0.2) is 9.98 Å². The van der Waals surface area contributed by atoms with Crippen molar-refractivity contribution in [3.8, 4) is 0 Å². The molecule has 0 saturated carbocycles. The van der Waals surface area contributed by atoms with Gasteiger partial charge in [-0.1, -0.05) is 24.3 Å². The fourth-order valence-corrected chi connectivity index (χ4v) is 3.71. The molecule has 1 aromatic heterocycles. The number of aromatic nitrogens is 2. The quantitative estimate of drug-likeness (QED) is 0.329. The van der Waals surface area contributed by atoms with Gasteiger partial charge in [0.25, 0.3) is 0 Å². The van der Waals surface area contributed by atoms with E-state index in [-0.39, 0.29) is 24.0 Å². The largest absolute Gasteiger partial charge is 0.403 e. The van der Waals surface area contributed by atoms with Gasteiger partial charge in [0, 0.05) is 51.7 Å². The molecule has 1 unspecified atom stereocenters. The lowest BCUT2D eigenvalue weighted by Gasteiger charge is -2.39. The zero-order valence-electron chi connectivity index (χ0n) is 18.8. The number of aliphatic imine (C=N–C) groups is 1. The highest BCUT2D eigenvalue weighted by molar-refractivity contribution is 14.0. The zero-order chi connectivity index (χ0) is 22.4. The number of hydrogen-bond acceptors (Lipinski definition) is 3. The fourth-order valence-electron chi connectivity index (χ4n) is 3.71. The van der Waals surface area contributed by atoms with Gasteiger partial charge < -0.3 is 14.8 Å². The van der Waals surface area contributed by atoms with Crippen LogP contribution in [0.15, 0.2) is 41.7 Å². The number of benzene rings is 1. The summed E-state index contributed by atoms with van der Waals surface area (Å²) < 4.78 is 41.1. The second kappa shape index (κ2) is 11.9. The Morgan fingerprint density at radius 2 is 1.88 bits per heavy atom. The standard InChI is InChI=1S/C22H31F3N6.HI/c1-4-26-21(30-12-10-29(11-13-30)17(2)22(23,24)25)28-15-19-6-5-7-20(14-19)16-31-9-8-27-18(31)3;/h5-9,14,17H,4,10-13,15-16H2,1-3H3,(H,26,28);1H. The second-order valence-electron chi connectivity index (χ2n) is 7.83. The van der Waals surface area contributed by atoms with Gasteiger partial charge in [-0.15, -0.1) is 24.0 Å². The number of imidazole rings is 1. The monoisotopic (exact) mass is 564 g/mol. The molecule has 3 rings (SSSR count). The van der Waals surface area contributed by atoms with E-state index in [0.717, 1.165) is 23.9 Å². The number of hydrogen-bond donors (Lipinski definition) is 1. The molecule has 1 aliphatic heterocycles. The average Bonchev–Trinajstić information content (AvgIpc) is 3.14. The first-order valence-electron chi connectivity index (χ1n) is 10.7. The van der Waals surface area contributed by atoms with Crippen LogP contribution in [0.3, 0.4) is 0 Å². The molecule has 2 heterocycles. The van der Waals surface area contributed by atoms with Gasteiger partial charge in [-0.2, -0.15) is 13.2 Å². The van der Waals surface area contributed by atoms with E-state index in [0.29, 0.717) is 39.3 Å². The van der Waals surface area contributed by atoms with E-state index in [1.54, 1.807) is 6.20 Å². The van der Waals surface area contributed by atoms with E-state index in [4.69, 9.17) is 4.99 Å². The minimum Gasteiger partial charge on any atom is -0.357 e. The number of piperazine rings is 1. The van der Waals surface area contributed by atoms with Gasteiger partial charge in [0.1, 0.15) is 11.9 Å². The Labute approximate surface area is 204 Å². The van der Waals surface area contributed by atoms with Crippen LogP contribution in [0.1, 0.15) is 30.8 Å². The molecule has 0 bridgehead atoms. The zero-order valence-corrected chi connectivity index (χ0v) is 21.1. The van der Waals surface area contributed by atoms with Crippen molar-refractivity contribution in [1.82, 2.24) is 24.7 Å². The van der Waals surface area contributed by atoms with Crippen molar-refractivity contribution in [2.75, 3.05) is 32.7 Å². The molecule has 0 aliphatic carbocycles. The minimum atomic E-state index is -4.19. The molecular formula is C22H32F3IN6. The summed E-state index contributed by atoms with van der Waals surface area (Å²) in [6.07, 6.45) is -0.439. The maximum absolute atomic E-state index is 13.0. The number of aryl methyl sites for hydroxylation is 1. The summed E-state index contributed by atoms with van der Waals surface area (Å²) in [4.78, 5) is 12.5. The first-order chi connectivity index (χ1) is 14.8. The van der Waals surface area contributed by atoms with E-state index in [9.17, 15) is 13.2 Å². The number of halogens is 4. The second-order valence-corrected chi connectivity index (χ2v) is 7.83. The van der Waals surface area contributed by atoms with Gasteiger partial charge >= 0.3 is 6.18 Å².